The van der Waals surface area contributed by atoms with Gasteiger partial charge in [0, 0.05) is 28.0 Å². The van der Waals surface area contributed by atoms with Crippen molar-refractivity contribution in [2.24, 2.45) is 0 Å². The molecular formula is C14H17FO4S. The van der Waals surface area contributed by atoms with Crippen molar-refractivity contribution >= 4 is 16.8 Å². The van der Waals surface area contributed by atoms with Crippen LogP contribution in [0.25, 0.3) is 0 Å². The normalized spacial score (nSPS) is 19.9. The van der Waals surface area contributed by atoms with Gasteiger partial charge in [0.15, 0.2) is 0 Å². The van der Waals surface area contributed by atoms with Gasteiger partial charge in [0.2, 0.25) is 0 Å². The quantitative estimate of drug-likeness (QED) is 0.779. The molecule has 0 aromatic heterocycles. The summed E-state index contributed by atoms with van der Waals surface area (Å²) in [7, 11) is 0.119. The highest BCUT2D eigenvalue weighted by atomic mass is 32.2. The summed E-state index contributed by atoms with van der Waals surface area (Å²) in [5.41, 5.74) is 0.799. The van der Waals surface area contributed by atoms with Crippen LogP contribution in [0.3, 0.4) is 0 Å². The van der Waals surface area contributed by atoms with E-state index in [1.165, 1.54) is 19.2 Å². The Bertz CT molecular complexity index is 532. The minimum Gasteiger partial charge on any atom is -0.489 e. The van der Waals surface area contributed by atoms with Crippen molar-refractivity contribution in [3.63, 3.8) is 0 Å². The maximum atomic E-state index is 13.1. The van der Waals surface area contributed by atoms with E-state index in [1.807, 2.05) is 0 Å². The Hall–Kier alpha value is -1.43. The number of carbonyl (C=O) groups excluding carboxylic acids is 1. The molecule has 1 heterocycles. The second-order valence-corrected chi connectivity index (χ2v) is 6.73. The van der Waals surface area contributed by atoms with Gasteiger partial charge in [0.05, 0.1) is 19.3 Å². The van der Waals surface area contributed by atoms with Crippen LogP contribution in [-0.2, 0) is 26.8 Å². The van der Waals surface area contributed by atoms with Crippen molar-refractivity contribution in [1.82, 2.24) is 0 Å². The van der Waals surface area contributed by atoms with E-state index in [9.17, 15) is 13.4 Å². The molecule has 4 nitrogen and oxygen atoms in total. The second-order valence-electron chi connectivity index (χ2n) is 4.83. The number of esters is 1. The van der Waals surface area contributed by atoms with Gasteiger partial charge in [-0.3, -0.25) is 9.00 Å². The molecule has 0 radical (unpaired) electrons. The summed E-state index contributed by atoms with van der Waals surface area (Å²) in [6.07, 6.45) is 0.439. The van der Waals surface area contributed by atoms with E-state index in [1.54, 1.807) is 13.0 Å². The number of rotatable bonds is 5. The fourth-order valence-electron chi connectivity index (χ4n) is 2.14. The fraction of sp³-hybridized carbons (Fsp3) is 0.500. The van der Waals surface area contributed by atoms with Gasteiger partial charge in [-0.1, -0.05) is 6.92 Å². The summed E-state index contributed by atoms with van der Waals surface area (Å²) in [5, 5.41) is -0.286. The first-order valence-corrected chi connectivity index (χ1v) is 7.77. The summed E-state index contributed by atoms with van der Waals surface area (Å²) in [5.74, 6) is 0.305. The molecule has 0 spiro atoms. The van der Waals surface area contributed by atoms with E-state index in [2.05, 4.69) is 4.74 Å². The predicted octanol–water partition coefficient (Wildman–Crippen LogP) is 1.83. The van der Waals surface area contributed by atoms with Gasteiger partial charge in [-0.25, -0.2) is 4.39 Å². The molecule has 0 bridgehead atoms. The van der Waals surface area contributed by atoms with E-state index in [0.29, 0.717) is 17.9 Å². The predicted molar refractivity (Wildman–Crippen MR) is 73.6 cm³/mol. The molecule has 110 valence electrons. The zero-order valence-corrected chi connectivity index (χ0v) is 12.2. The number of hydrogen-bond acceptors (Lipinski definition) is 4. The van der Waals surface area contributed by atoms with Crippen LogP contribution in [0.5, 0.6) is 5.75 Å². The zero-order chi connectivity index (χ0) is 14.7. The lowest BCUT2D eigenvalue weighted by molar-refractivity contribution is -0.140. The van der Waals surface area contributed by atoms with E-state index in [0.717, 1.165) is 5.56 Å². The van der Waals surface area contributed by atoms with E-state index in [4.69, 9.17) is 4.74 Å². The number of fused-ring (bicyclic) bond motifs is 1. The lowest BCUT2D eigenvalue weighted by Crippen LogP contribution is -2.28. The van der Waals surface area contributed by atoms with Crippen LogP contribution in [0, 0.1) is 5.82 Å². The molecular weight excluding hydrogens is 283 g/mol. The van der Waals surface area contributed by atoms with Gasteiger partial charge in [0.25, 0.3) is 0 Å². The first-order valence-electron chi connectivity index (χ1n) is 6.38. The van der Waals surface area contributed by atoms with Crippen LogP contribution in [0.15, 0.2) is 18.2 Å². The van der Waals surface area contributed by atoms with Gasteiger partial charge in [-0.05, 0) is 18.2 Å². The maximum absolute atomic E-state index is 13.1. The molecule has 0 N–H and O–H groups in total. The Morgan fingerprint density at radius 2 is 2.35 bits per heavy atom. The number of carbonyl (C=O) groups is 1. The molecule has 1 aliphatic heterocycles. The van der Waals surface area contributed by atoms with Crippen LogP contribution in [0.4, 0.5) is 4.39 Å². The van der Waals surface area contributed by atoms with Gasteiger partial charge in [-0.15, -0.1) is 0 Å². The molecule has 3 unspecified atom stereocenters. The minimum absolute atomic E-state index is 0.122. The van der Waals surface area contributed by atoms with Gasteiger partial charge in [-0.2, -0.15) is 0 Å². The number of methoxy groups -OCH3 is 1. The third-order valence-electron chi connectivity index (χ3n) is 3.24. The SMILES string of the molecule is COC(=O)CC(C)S(=O)CC1Cc2cc(F)ccc2O1. The molecule has 0 aliphatic carbocycles. The van der Waals surface area contributed by atoms with E-state index < -0.39 is 10.8 Å². The molecule has 0 saturated carbocycles. The first kappa shape index (κ1) is 15.0. The number of benzene rings is 1. The molecule has 6 heteroatoms. The Balaban J connectivity index is 1.90. The lowest BCUT2D eigenvalue weighted by Gasteiger charge is -2.14. The van der Waals surface area contributed by atoms with Crippen molar-refractivity contribution in [3.05, 3.63) is 29.6 Å². The molecule has 0 amide bonds. The van der Waals surface area contributed by atoms with Gasteiger partial charge < -0.3 is 9.47 Å². The van der Waals surface area contributed by atoms with Crippen LogP contribution in [0.2, 0.25) is 0 Å². The molecule has 1 aromatic carbocycles. The topological polar surface area (TPSA) is 52.6 Å². The smallest absolute Gasteiger partial charge is 0.306 e. The highest BCUT2D eigenvalue weighted by Gasteiger charge is 2.27. The highest BCUT2D eigenvalue weighted by molar-refractivity contribution is 7.85. The van der Waals surface area contributed by atoms with Crippen molar-refractivity contribution in [3.8, 4) is 5.75 Å². The molecule has 1 aliphatic rings. The van der Waals surface area contributed by atoms with Gasteiger partial charge >= 0.3 is 5.97 Å². The van der Waals surface area contributed by atoms with Crippen molar-refractivity contribution in [2.75, 3.05) is 12.9 Å². The minimum atomic E-state index is -1.19. The molecule has 3 atom stereocenters. The van der Waals surface area contributed by atoms with Crippen molar-refractivity contribution in [1.29, 1.82) is 0 Å². The number of ether oxygens (including phenoxy) is 2. The molecule has 2 rings (SSSR count). The van der Waals surface area contributed by atoms with Crippen LogP contribution < -0.4 is 4.74 Å². The lowest BCUT2D eigenvalue weighted by atomic mass is 10.1. The fourth-order valence-corrected chi connectivity index (χ4v) is 3.34. The van der Waals surface area contributed by atoms with Crippen LogP contribution in [-0.4, -0.2) is 34.4 Å². The number of halogens is 1. The Kier molecular flexibility index (Phi) is 4.75. The molecule has 20 heavy (non-hydrogen) atoms. The first-order chi connectivity index (χ1) is 9.49. The number of hydrogen-bond donors (Lipinski definition) is 0. The van der Waals surface area contributed by atoms with Crippen LogP contribution >= 0.6 is 0 Å². The monoisotopic (exact) mass is 300 g/mol. The third-order valence-corrected chi connectivity index (χ3v) is 5.01. The third kappa shape index (κ3) is 3.56. The molecule has 0 saturated heterocycles. The summed E-state index contributed by atoms with van der Waals surface area (Å²) in [4.78, 5) is 11.2. The average Bonchev–Trinajstić information content (AvgIpc) is 2.79. The standard InChI is InChI=1S/C14H17FO4S/c1-9(5-14(16)18-2)20(17)8-12-7-10-6-11(15)3-4-13(10)19-12/h3-4,6,9,12H,5,7-8H2,1-2H3. The average molecular weight is 300 g/mol. The molecule has 1 aromatic rings. The molecule has 0 fully saturated rings. The Morgan fingerprint density at radius 1 is 1.60 bits per heavy atom. The Labute approximate surface area is 119 Å². The van der Waals surface area contributed by atoms with Crippen molar-refractivity contribution < 1.29 is 22.9 Å². The maximum Gasteiger partial charge on any atom is 0.306 e. The van der Waals surface area contributed by atoms with E-state index >= 15 is 0 Å². The van der Waals surface area contributed by atoms with E-state index in [-0.39, 0.29) is 29.6 Å². The summed E-state index contributed by atoms with van der Waals surface area (Å²) >= 11 is 0. The van der Waals surface area contributed by atoms with Crippen LogP contribution in [0.1, 0.15) is 18.9 Å². The Morgan fingerprint density at radius 3 is 3.05 bits per heavy atom. The zero-order valence-electron chi connectivity index (χ0n) is 11.4. The summed E-state index contributed by atoms with van der Waals surface area (Å²) in [6.45, 7) is 1.74. The summed E-state index contributed by atoms with van der Waals surface area (Å²) in [6, 6.07) is 4.37. The second kappa shape index (κ2) is 6.35. The van der Waals surface area contributed by atoms with Crippen molar-refractivity contribution in [2.45, 2.75) is 31.1 Å². The largest absolute Gasteiger partial charge is 0.489 e. The summed E-state index contributed by atoms with van der Waals surface area (Å²) < 4.78 is 35.4. The highest BCUT2D eigenvalue weighted by Crippen LogP contribution is 2.29. The van der Waals surface area contributed by atoms with Gasteiger partial charge in [0.1, 0.15) is 17.7 Å².